The molecule has 2 amide bonds. The molecular formula is C28H37N3O2. The number of likely N-dealkylation sites (tertiary alicyclic amines) is 1. The predicted octanol–water partition coefficient (Wildman–Crippen LogP) is 4.82. The van der Waals surface area contributed by atoms with Crippen LogP contribution < -0.4 is 5.32 Å². The van der Waals surface area contributed by atoms with E-state index in [0.717, 1.165) is 30.5 Å². The maximum atomic E-state index is 13.4. The standard InChI is InChI=1S/C28H37N3O2/c1-30(25-16-6-3-7-17-25)21-24-15-9-8-14-23(24)20-29-28(33)27(22-12-4-2-5-13-22)31-19-11-10-18-26(31)32/h2,4-5,8-9,12-15,25,27H,3,6-7,10-11,16-21H2,1H3,(H,29,33). The molecule has 0 radical (unpaired) electrons. The van der Waals surface area contributed by atoms with Crippen molar-refractivity contribution in [3.63, 3.8) is 0 Å². The summed E-state index contributed by atoms with van der Waals surface area (Å²) in [5.41, 5.74) is 3.28. The van der Waals surface area contributed by atoms with E-state index >= 15 is 0 Å². The molecule has 1 unspecified atom stereocenters. The van der Waals surface area contributed by atoms with Crippen molar-refractivity contribution in [2.24, 2.45) is 0 Å². The second-order valence-corrected chi connectivity index (χ2v) is 9.55. The Morgan fingerprint density at radius 1 is 0.970 bits per heavy atom. The van der Waals surface area contributed by atoms with Crippen LogP contribution in [0.1, 0.15) is 74.1 Å². The number of rotatable bonds is 8. The minimum absolute atomic E-state index is 0.0692. The summed E-state index contributed by atoms with van der Waals surface area (Å²) in [6, 6.07) is 18.2. The van der Waals surface area contributed by atoms with Gasteiger partial charge in [-0.3, -0.25) is 14.5 Å². The van der Waals surface area contributed by atoms with Gasteiger partial charge in [-0.1, -0.05) is 73.9 Å². The molecule has 2 fully saturated rings. The van der Waals surface area contributed by atoms with Crippen LogP contribution >= 0.6 is 0 Å². The van der Waals surface area contributed by atoms with Gasteiger partial charge in [-0.25, -0.2) is 0 Å². The van der Waals surface area contributed by atoms with E-state index in [0.29, 0.717) is 25.6 Å². The Kier molecular flexibility index (Phi) is 8.16. The number of benzene rings is 2. The molecule has 1 saturated carbocycles. The Bertz CT molecular complexity index is 924. The molecule has 5 heteroatoms. The number of carbonyl (C=O) groups excluding carboxylic acids is 2. The van der Waals surface area contributed by atoms with Crippen molar-refractivity contribution < 1.29 is 9.59 Å². The molecule has 1 heterocycles. The van der Waals surface area contributed by atoms with Crippen LogP contribution in [0.25, 0.3) is 0 Å². The highest BCUT2D eigenvalue weighted by molar-refractivity contribution is 5.89. The highest BCUT2D eigenvalue weighted by atomic mass is 16.2. The number of nitrogens with one attached hydrogen (secondary N) is 1. The van der Waals surface area contributed by atoms with E-state index in [-0.39, 0.29) is 11.8 Å². The summed E-state index contributed by atoms with van der Waals surface area (Å²) in [7, 11) is 2.22. The lowest BCUT2D eigenvalue weighted by molar-refractivity contribution is -0.142. The first kappa shape index (κ1) is 23.5. The molecule has 0 aromatic heterocycles. The van der Waals surface area contributed by atoms with Crippen molar-refractivity contribution in [3.8, 4) is 0 Å². The summed E-state index contributed by atoms with van der Waals surface area (Å²) < 4.78 is 0. The van der Waals surface area contributed by atoms with Crippen LogP contribution in [0.5, 0.6) is 0 Å². The predicted molar refractivity (Wildman–Crippen MR) is 131 cm³/mol. The number of hydrogen-bond acceptors (Lipinski definition) is 3. The fourth-order valence-electron chi connectivity index (χ4n) is 5.29. The lowest BCUT2D eigenvalue weighted by Crippen LogP contribution is -2.45. The third-order valence-corrected chi connectivity index (χ3v) is 7.22. The van der Waals surface area contributed by atoms with Crippen molar-refractivity contribution >= 4 is 11.8 Å². The first-order valence-electron chi connectivity index (χ1n) is 12.5. The van der Waals surface area contributed by atoms with Gasteiger partial charge in [-0.2, -0.15) is 0 Å². The largest absolute Gasteiger partial charge is 0.350 e. The number of amides is 2. The molecule has 5 nitrogen and oxygen atoms in total. The molecule has 0 spiro atoms. The number of nitrogens with zero attached hydrogens (tertiary/aromatic N) is 2. The smallest absolute Gasteiger partial charge is 0.247 e. The molecule has 4 rings (SSSR count). The third-order valence-electron chi connectivity index (χ3n) is 7.22. The van der Waals surface area contributed by atoms with E-state index in [1.807, 2.05) is 36.4 Å². The van der Waals surface area contributed by atoms with Crippen LogP contribution in [0.3, 0.4) is 0 Å². The van der Waals surface area contributed by atoms with E-state index in [9.17, 15) is 9.59 Å². The number of carbonyl (C=O) groups is 2. The Balaban J connectivity index is 1.46. The average Bonchev–Trinajstić information content (AvgIpc) is 2.86. The Hall–Kier alpha value is -2.66. The van der Waals surface area contributed by atoms with Gasteiger partial charge in [0.15, 0.2) is 0 Å². The molecule has 1 aliphatic carbocycles. The summed E-state index contributed by atoms with van der Waals surface area (Å²) in [4.78, 5) is 30.3. The summed E-state index contributed by atoms with van der Waals surface area (Å²) in [6.07, 6.45) is 8.92. The van der Waals surface area contributed by atoms with Gasteiger partial charge in [0.25, 0.3) is 0 Å². The van der Waals surface area contributed by atoms with Gasteiger partial charge < -0.3 is 10.2 Å². The van der Waals surface area contributed by atoms with Gasteiger partial charge in [0.1, 0.15) is 6.04 Å². The quantitative estimate of drug-likeness (QED) is 0.631. The average molecular weight is 448 g/mol. The van der Waals surface area contributed by atoms with Crippen LogP contribution in [-0.2, 0) is 22.7 Å². The van der Waals surface area contributed by atoms with Crippen molar-refractivity contribution in [2.45, 2.75) is 76.5 Å². The second kappa shape index (κ2) is 11.5. The van der Waals surface area contributed by atoms with Crippen molar-refractivity contribution in [3.05, 3.63) is 71.3 Å². The van der Waals surface area contributed by atoms with Crippen LogP contribution in [0, 0.1) is 0 Å². The van der Waals surface area contributed by atoms with Gasteiger partial charge in [0, 0.05) is 32.1 Å². The number of hydrogen-bond donors (Lipinski definition) is 1. The molecule has 1 aliphatic heterocycles. The zero-order chi connectivity index (χ0) is 23.0. The zero-order valence-corrected chi connectivity index (χ0v) is 19.8. The monoisotopic (exact) mass is 447 g/mol. The minimum Gasteiger partial charge on any atom is -0.350 e. The third kappa shape index (κ3) is 6.02. The maximum Gasteiger partial charge on any atom is 0.247 e. The maximum absolute atomic E-state index is 13.4. The summed E-state index contributed by atoms with van der Waals surface area (Å²) >= 11 is 0. The van der Waals surface area contributed by atoms with Gasteiger partial charge in [-0.05, 0) is 49.4 Å². The van der Waals surface area contributed by atoms with Crippen molar-refractivity contribution in [2.75, 3.05) is 13.6 Å². The van der Waals surface area contributed by atoms with E-state index in [1.54, 1.807) is 4.90 Å². The molecule has 0 bridgehead atoms. The molecule has 2 aliphatic rings. The van der Waals surface area contributed by atoms with Gasteiger partial charge in [0.05, 0.1) is 0 Å². The molecule has 2 aromatic rings. The highest BCUT2D eigenvalue weighted by Gasteiger charge is 2.32. The summed E-state index contributed by atoms with van der Waals surface area (Å²) in [5.74, 6) is -0.0355. The molecule has 1 N–H and O–H groups in total. The minimum atomic E-state index is -0.573. The highest BCUT2D eigenvalue weighted by Crippen LogP contribution is 2.27. The fourth-order valence-corrected chi connectivity index (χ4v) is 5.29. The normalized spacial score (nSPS) is 18.4. The Morgan fingerprint density at radius 3 is 2.39 bits per heavy atom. The SMILES string of the molecule is CN(Cc1ccccc1CNC(=O)C(c1ccccc1)N1CCCCC1=O)C1CCCCC1. The molecule has 2 aromatic carbocycles. The summed E-state index contributed by atoms with van der Waals surface area (Å²) in [6.45, 7) is 2.00. The Morgan fingerprint density at radius 2 is 1.67 bits per heavy atom. The first-order valence-corrected chi connectivity index (χ1v) is 12.5. The van der Waals surface area contributed by atoms with Gasteiger partial charge in [-0.15, -0.1) is 0 Å². The molecule has 1 saturated heterocycles. The van der Waals surface area contributed by atoms with E-state index < -0.39 is 6.04 Å². The lowest BCUT2D eigenvalue weighted by atomic mass is 9.94. The van der Waals surface area contributed by atoms with E-state index in [1.165, 1.54) is 37.7 Å². The molecule has 176 valence electrons. The zero-order valence-electron chi connectivity index (χ0n) is 19.8. The van der Waals surface area contributed by atoms with Crippen molar-refractivity contribution in [1.82, 2.24) is 15.1 Å². The van der Waals surface area contributed by atoms with Crippen LogP contribution in [0.4, 0.5) is 0 Å². The first-order chi connectivity index (χ1) is 16.1. The van der Waals surface area contributed by atoms with Crippen molar-refractivity contribution in [1.29, 1.82) is 0 Å². The molecule has 1 atom stereocenters. The summed E-state index contributed by atoms with van der Waals surface area (Å²) in [5, 5.41) is 3.16. The molecule has 33 heavy (non-hydrogen) atoms. The van der Waals surface area contributed by atoms with Crippen LogP contribution in [-0.4, -0.2) is 41.2 Å². The van der Waals surface area contributed by atoms with Gasteiger partial charge >= 0.3 is 0 Å². The second-order valence-electron chi connectivity index (χ2n) is 9.55. The van der Waals surface area contributed by atoms with E-state index in [4.69, 9.17) is 0 Å². The molecular weight excluding hydrogens is 410 g/mol. The van der Waals surface area contributed by atoms with Gasteiger partial charge in [0.2, 0.25) is 11.8 Å². The Labute approximate surface area is 198 Å². The van der Waals surface area contributed by atoms with Crippen LogP contribution in [0.15, 0.2) is 54.6 Å². The topological polar surface area (TPSA) is 52.7 Å². The number of piperidine rings is 1. The van der Waals surface area contributed by atoms with Crippen LogP contribution in [0.2, 0.25) is 0 Å². The van der Waals surface area contributed by atoms with E-state index in [2.05, 4.69) is 35.5 Å². The lowest BCUT2D eigenvalue weighted by Gasteiger charge is -2.34. The fraction of sp³-hybridized carbons (Fsp3) is 0.500.